The minimum atomic E-state index is -0.665. The Bertz CT molecular complexity index is 299. The maximum absolute atomic E-state index is 12.8. The Morgan fingerprint density at radius 1 is 1.36 bits per heavy atom. The largest absolute Gasteiger partial charge is 0.298 e. The van der Waals surface area contributed by atoms with E-state index in [4.69, 9.17) is 0 Å². The maximum atomic E-state index is 12.8. The third kappa shape index (κ3) is 1.74. The minimum absolute atomic E-state index is 0.115. The fourth-order valence-corrected chi connectivity index (χ4v) is 1.27. The molecule has 0 amide bonds. The van der Waals surface area contributed by atoms with Gasteiger partial charge >= 0.3 is 0 Å². The summed E-state index contributed by atoms with van der Waals surface area (Å²) in [6, 6.07) is 1.90. The van der Waals surface area contributed by atoms with Crippen LogP contribution in [0.3, 0.4) is 0 Å². The monoisotopic (exact) mass is 268 g/mol. The molecule has 0 saturated carbocycles. The first-order valence-corrected chi connectivity index (χ1v) is 3.82. The minimum Gasteiger partial charge on any atom is -0.298 e. The van der Waals surface area contributed by atoms with Crippen LogP contribution in [-0.4, -0.2) is 6.29 Å². The van der Waals surface area contributed by atoms with E-state index in [1.807, 2.05) is 0 Å². The van der Waals surface area contributed by atoms with Gasteiger partial charge in [0.2, 0.25) is 0 Å². The van der Waals surface area contributed by atoms with Gasteiger partial charge in [-0.25, -0.2) is 8.78 Å². The zero-order valence-corrected chi connectivity index (χ0v) is 7.43. The van der Waals surface area contributed by atoms with Gasteiger partial charge in [-0.3, -0.25) is 4.79 Å². The van der Waals surface area contributed by atoms with E-state index in [1.54, 1.807) is 22.6 Å². The third-order valence-electron chi connectivity index (χ3n) is 1.15. The SMILES string of the molecule is O=Cc1cc(F)cc(I)c1F. The Morgan fingerprint density at radius 2 is 2.00 bits per heavy atom. The van der Waals surface area contributed by atoms with E-state index >= 15 is 0 Å². The molecule has 0 aliphatic carbocycles. The highest BCUT2D eigenvalue weighted by molar-refractivity contribution is 14.1. The summed E-state index contributed by atoms with van der Waals surface area (Å²) in [6.45, 7) is 0. The van der Waals surface area contributed by atoms with E-state index in [2.05, 4.69) is 0 Å². The molecule has 0 radical (unpaired) electrons. The van der Waals surface area contributed by atoms with Crippen molar-refractivity contribution in [2.75, 3.05) is 0 Å². The summed E-state index contributed by atoms with van der Waals surface area (Å²) in [6.07, 6.45) is 0.292. The van der Waals surface area contributed by atoms with E-state index < -0.39 is 11.6 Å². The maximum Gasteiger partial charge on any atom is 0.153 e. The van der Waals surface area contributed by atoms with Gasteiger partial charge in [0.05, 0.1) is 9.13 Å². The first kappa shape index (κ1) is 8.58. The van der Waals surface area contributed by atoms with E-state index in [-0.39, 0.29) is 9.13 Å². The van der Waals surface area contributed by atoms with Gasteiger partial charge in [-0.05, 0) is 34.7 Å². The Hall–Kier alpha value is -0.520. The van der Waals surface area contributed by atoms with Crippen molar-refractivity contribution in [1.82, 2.24) is 0 Å². The summed E-state index contributed by atoms with van der Waals surface area (Å²) in [5.41, 5.74) is -0.241. The summed E-state index contributed by atoms with van der Waals surface area (Å²) in [7, 11) is 0. The molecule has 0 fully saturated rings. The molecule has 0 heterocycles. The van der Waals surface area contributed by atoms with Crippen LogP contribution in [0.1, 0.15) is 10.4 Å². The van der Waals surface area contributed by atoms with Crippen molar-refractivity contribution >= 4 is 28.9 Å². The second-order valence-corrected chi connectivity index (χ2v) is 3.07. The first-order valence-electron chi connectivity index (χ1n) is 2.75. The Morgan fingerprint density at radius 3 is 2.55 bits per heavy atom. The number of benzene rings is 1. The summed E-state index contributed by atoms with van der Waals surface area (Å²) in [5, 5.41) is 0. The lowest BCUT2D eigenvalue weighted by atomic mass is 10.2. The quantitative estimate of drug-likeness (QED) is 0.434. The fraction of sp³-hybridized carbons (Fsp3) is 0. The highest BCUT2D eigenvalue weighted by Crippen LogP contribution is 2.15. The number of hydrogen-bond acceptors (Lipinski definition) is 1. The third-order valence-corrected chi connectivity index (χ3v) is 1.93. The number of carbonyl (C=O) groups excluding carboxylic acids is 1. The van der Waals surface area contributed by atoms with Crippen molar-refractivity contribution in [2.45, 2.75) is 0 Å². The Balaban J connectivity index is 3.35. The molecule has 4 heteroatoms. The molecule has 0 unspecified atom stereocenters. The van der Waals surface area contributed by atoms with Crippen LogP contribution in [0.5, 0.6) is 0 Å². The van der Waals surface area contributed by atoms with Crippen LogP contribution < -0.4 is 0 Å². The molecule has 0 aromatic heterocycles. The van der Waals surface area contributed by atoms with E-state index in [0.29, 0.717) is 6.29 Å². The van der Waals surface area contributed by atoms with Crippen molar-refractivity contribution in [3.63, 3.8) is 0 Å². The van der Waals surface area contributed by atoms with Gasteiger partial charge in [-0.2, -0.15) is 0 Å². The van der Waals surface area contributed by atoms with Gasteiger partial charge in [-0.15, -0.1) is 0 Å². The smallest absolute Gasteiger partial charge is 0.153 e. The number of hydrogen-bond donors (Lipinski definition) is 0. The summed E-state index contributed by atoms with van der Waals surface area (Å²) >= 11 is 1.63. The molecule has 0 N–H and O–H groups in total. The second-order valence-electron chi connectivity index (χ2n) is 1.91. The molecule has 1 aromatic rings. The van der Waals surface area contributed by atoms with Gasteiger partial charge in [-0.1, -0.05) is 0 Å². The molecule has 0 aliphatic heterocycles. The molecule has 11 heavy (non-hydrogen) atoms. The molecule has 0 saturated heterocycles. The standard InChI is InChI=1S/C7H3F2IO/c8-5-1-4(3-11)7(9)6(10)2-5/h1-3H. The summed E-state index contributed by atoms with van der Waals surface area (Å²) < 4.78 is 25.4. The number of aldehydes is 1. The molecular formula is C7H3F2IO. The molecule has 0 spiro atoms. The molecule has 58 valence electrons. The molecule has 0 atom stereocenters. The van der Waals surface area contributed by atoms with Crippen LogP contribution in [-0.2, 0) is 0 Å². The lowest BCUT2D eigenvalue weighted by molar-refractivity contribution is 0.111. The average molecular weight is 268 g/mol. The zero-order valence-electron chi connectivity index (χ0n) is 5.27. The highest BCUT2D eigenvalue weighted by Gasteiger charge is 2.07. The second kappa shape index (κ2) is 3.25. The van der Waals surface area contributed by atoms with Gasteiger partial charge in [0, 0.05) is 0 Å². The van der Waals surface area contributed by atoms with Gasteiger partial charge < -0.3 is 0 Å². The molecule has 0 bridgehead atoms. The lowest BCUT2D eigenvalue weighted by Gasteiger charge is -1.96. The van der Waals surface area contributed by atoms with Crippen molar-refractivity contribution in [3.05, 3.63) is 32.9 Å². The predicted octanol–water partition coefficient (Wildman–Crippen LogP) is 2.38. The summed E-state index contributed by atoms with van der Waals surface area (Å²) in [4.78, 5) is 10.1. The van der Waals surface area contributed by atoms with Crippen LogP contribution in [0, 0.1) is 15.2 Å². The number of carbonyl (C=O) groups is 1. The van der Waals surface area contributed by atoms with Crippen molar-refractivity contribution in [1.29, 1.82) is 0 Å². The number of halogens is 3. The fourth-order valence-electron chi connectivity index (χ4n) is 0.662. The lowest BCUT2D eigenvalue weighted by Crippen LogP contribution is -1.92. The van der Waals surface area contributed by atoms with Crippen molar-refractivity contribution in [3.8, 4) is 0 Å². The van der Waals surface area contributed by atoms with Crippen molar-refractivity contribution < 1.29 is 13.6 Å². The predicted molar refractivity (Wildman–Crippen MR) is 44.5 cm³/mol. The molecular weight excluding hydrogens is 265 g/mol. The van der Waals surface area contributed by atoms with Crippen molar-refractivity contribution in [2.24, 2.45) is 0 Å². The summed E-state index contributed by atoms with van der Waals surface area (Å²) in [5.74, 6) is -1.26. The van der Waals surface area contributed by atoms with Crippen LogP contribution in [0.15, 0.2) is 12.1 Å². The van der Waals surface area contributed by atoms with E-state index in [9.17, 15) is 13.6 Å². The topological polar surface area (TPSA) is 17.1 Å². The first-order chi connectivity index (χ1) is 5.15. The molecule has 0 aliphatic rings. The van der Waals surface area contributed by atoms with Crippen LogP contribution in [0.2, 0.25) is 0 Å². The molecule has 1 rings (SSSR count). The molecule has 1 aromatic carbocycles. The van der Waals surface area contributed by atoms with Crippen LogP contribution in [0.4, 0.5) is 8.78 Å². The van der Waals surface area contributed by atoms with Gasteiger partial charge in [0.1, 0.15) is 11.6 Å². The van der Waals surface area contributed by atoms with Crippen LogP contribution in [0.25, 0.3) is 0 Å². The Kier molecular flexibility index (Phi) is 2.53. The highest BCUT2D eigenvalue weighted by atomic mass is 127. The molecule has 1 nitrogen and oxygen atoms in total. The Labute approximate surface area is 75.6 Å². The zero-order chi connectivity index (χ0) is 8.43. The average Bonchev–Trinajstić information content (AvgIpc) is 1.96. The number of rotatable bonds is 1. The van der Waals surface area contributed by atoms with E-state index in [1.165, 1.54) is 0 Å². The van der Waals surface area contributed by atoms with E-state index in [0.717, 1.165) is 12.1 Å². The normalized spacial score (nSPS) is 9.73. The van der Waals surface area contributed by atoms with Crippen LogP contribution >= 0.6 is 22.6 Å². The van der Waals surface area contributed by atoms with Gasteiger partial charge in [0.15, 0.2) is 6.29 Å². The van der Waals surface area contributed by atoms with Gasteiger partial charge in [0.25, 0.3) is 0 Å².